The Labute approximate surface area is 172 Å². The quantitative estimate of drug-likeness (QED) is 0.182. The lowest BCUT2D eigenvalue weighted by Gasteiger charge is -2.22. The summed E-state index contributed by atoms with van der Waals surface area (Å²) in [7, 11) is 0. The van der Waals surface area contributed by atoms with Crippen LogP contribution in [-0.2, 0) is 6.54 Å². The topological polar surface area (TPSA) is 197 Å². The highest BCUT2D eigenvalue weighted by molar-refractivity contribution is 5.95. The van der Waals surface area contributed by atoms with Crippen LogP contribution in [0.3, 0.4) is 0 Å². The summed E-state index contributed by atoms with van der Waals surface area (Å²) in [4.78, 5) is 49.0. The van der Waals surface area contributed by atoms with E-state index >= 15 is 0 Å². The highest BCUT2D eigenvalue weighted by atomic mass is 16.4. The number of para-hydroxylation sites is 1. The van der Waals surface area contributed by atoms with Crippen molar-refractivity contribution < 1.29 is 20.4 Å². The molecule has 162 valence electrons. The molecule has 0 fully saturated rings. The maximum Gasteiger partial charge on any atom is 0.327 e. The standard InChI is InChI=1S/C19H19N5O7/c25-7-12(27)15(28)11(26)6-24-16-14(17(29)23-19(31)22-16)21-13(18(24)30)9-5-20-10-4-2-1-3-8(9)10/h1-5,11-12,15,20,25-28H,6-7H2,(H2,22,23,29,31). The van der Waals surface area contributed by atoms with Crippen LogP contribution in [0.25, 0.3) is 33.3 Å². The van der Waals surface area contributed by atoms with E-state index in [0.29, 0.717) is 10.9 Å². The maximum atomic E-state index is 13.3. The monoisotopic (exact) mass is 429 g/mol. The summed E-state index contributed by atoms with van der Waals surface area (Å²) in [5.41, 5.74) is -2.00. The number of aliphatic hydroxyl groups is 4. The number of aliphatic hydroxyl groups excluding tert-OH is 4. The van der Waals surface area contributed by atoms with E-state index in [1.807, 2.05) is 4.98 Å². The number of nitrogens with one attached hydrogen (secondary N) is 3. The molecule has 3 unspecified atom stereocenters. The lowest BCUT2D eigenvalue weighted by molar-refractivity contribution is -0.0805. The average molecular weight is 429 g/mol. The predicted molar refractivity (Wildman–Crippen MR) is 110 cm³/mol. The van der Waals surface area contributed by atoms with E-state index in [-0.39, 0.29) is 16.9 Å². The molecule has 0 aliphatic heterocycles. The first-order chi connectivity index (χ1) is 14.8. The summed E-state index contributed by atoms with van der Waals surface area (Å²) >= 11 is 0. The summed E-state index contributed by atoms with van der Waals surface area (Å²) < 4.78 is 0.897. The smallest absolute Gasteiger partial charge is 0.327 e. The van der Waals surface area contributed by atoms with Gasteiger partial charge in [-0.1, -0.05) is 18.2 Å². The van der Waals surface area contributed by atoms with Gasteiger partial charge in [0.25, 0.3) is 11.1 Å². The number of rotatable bonds is 6. The number of aromatic nitrogens is 5. The molecule has 12 heteroatoms. The molecule has 0 aliphatic carbocycles. The van der Waals surface area contributed by atoms with E-state index in [0.717, 1.165) is 10.1 Å². The molecule has 0 radical (unpaired) electrons. The van der Waals surface area contributed by atoms with Gasteiger partial charge in [0.2, 0.25) is 0 Å². The molecule has 0 saturated heterocycles. The first kappa shape index (κ1) is 20.7. The third-order valence-corrected chi connectivity index (χ3v) is 5.03. The minimum absolute atomic E-state index is 0.119. The average Bonchev–Trinajstić information content (AvgIpc) is 3.18. The van der Waals surface area contributed by atoms with Crippen molar-refractivity contribution in [1.29, 1.82) is 0 Å². The lowest BCUT2D eigenvalue weighted by Crippen LogP contribution is -2.44. The van der Waals surface area contributed by atoms with Crippen LogP contribution >= 0.6 is 0 Å². The molecule has 3 atom stereocenters. The molecule has 0 saturated carbocycles. The predicted octanol–water partition coefficient (Wildman–Crippen LogP) is -2.00. The van der Waals surface area contributed by atoms with E-state index in [2.05, 4.69) is 15.0 Å². The molecule has 0 amide bonds. The maximum absolute atomic E-state index is 13.3. The van der Waals surface area contributed by atoms with Crippen LogP contribution < -0.4 is 16.8 Å². The van der Waals surface area contributed by atoms with Gasteiger partial charge in [0.05, 0.1) is 13.2 Å². The molecule has 31 heavy (non-hydrogen) atoms. The Kier molecular flexibility index (Phi) is 5.29. The number of fused-ring (bicyclic) bond motifs is 2. The Morgan fingerprint density at radius 1 is 1.03 bits per heavy atom. The van der Waals surface area contributed by atoms with Gasteiger partial charge < -0.3 is 25.4 Å². The molecular weight excluding hydrogens is 410 g/mol. The van der Waals surface area contributed by atoms with Crippen molar-refractivity contribution in [3.05, 3.63) is 61.7 Å². The fraction of sp³-hybridized carbons (Fsp3) is 0.263. The zero-order chi connectivity index (χ0) is 22.3. The molecule has 7 N–H and O–H groups in total. The van der Waals surface area contributed by atoms with Crippen LogP contribution in [-0.4, -0.2) is 69.8 Å². The Morgan fingerprint density at radius 3 is 2.52 bits per heavy atom. The second kappa shape index (κ2) is 7.92. The summed E-state index contributed by atoms with van der Waals surface area (Å²) in [6.07, 6.45) is -3.60. The minimum atomic E-state index is -1.79. The number of benzene rings is 1. The normalized spacial score (nSPS) is 14.7. The van der Waals surface area contributed by atoms with Gasteiger partial charge >= 0.3 is 5.69 Å². The van der Waals surface area contributed by atoms with Gasteiger partial charge in [0, 0.05) is 22.7 Å². The molecule has 4 aromatic rings. The van der Waals surface area contributed by atoms with Crippen molar-refractivity contribution in [2.75, 3.05) is 6.61 Å². The van der Waals surface area contributed by atoms with Crippen LogP contribution in [0.1, 0.15) is 0 Å². The molecular formula is C19H19N5O7. The van der Waals surface area contributed by atoms with Crippen molar-refractivity contribution in [1.82, 2.24) is 24.5 Å². The molecule has 0 spiro atoms. The van der Waals surface area contributed by atoms with E-state index in [4.69, 9.17) is 5.11 Å². The second-order valence-corrected chi connectivity index (χ2v) is 7.04. The Hall–Kier alpha value is -3.58. The fourth-order valence-corrected chi connectivity index (χ4v) is 3.43. The number of H-pyrrole nitrogens is 3. The van der Waals surface area contributed by atoms with E-state index in [9.17, 15) is 29.7 Å². The third kappa shape index (κ3) is 3.57. The summed E-state index contributed by atoms with van der Waals surface area (Å²) in [6.45, 7) is -1.41. The van der Waals surface area contributed by atoms with Crippen LogP contribution in [0.15, 0.2) is 44.8 Å². The summed E-state index contributed by atoms with van der Waals surface area (Å²) in [5.74, 6) is 0. The molecule has 4 rings (SSSR count). The SMILES string of the molecule is O=c1[nH]c(=O)c2nc(-c3c[nH]c4ccccc34)c(=O)n(CC(O)C(O)C(O)CO)c2[nH]1. The van der Waals surface area contributed by atoms with Gasteiger partial charge in [-0.2, -0.15) is 0 Å². The van der Waals surface area contributed by atoms with E-state index in [1.165, 1.54) is 0 Å². The zero-order valence-corrected chi connectivity index (χ0v) is 15.9. The first-order valence-corrected chi connectivity index (χ1v) is 9.30. The number of nitrogens with zero attached hydrogens (tertiary/aromatic N) is 2. The highest BCUT2D eigenvalue weighted by Crippen LogP contribution is 2.25. The van der Waals surface area contributed by atoms with Crippen molar-refractivity contribution in [3.8, 4) is 11.3 Å². The van der Waals surface area contributed by atoms with Gasteiger partial charge in [-0.05, 0) is 6.07 Å². The zero-order valence-electron chi connectivity index (χ0n) is 15.9. The number of hydrogen-bond donors (Lipinski definition) is 7. The minimum Gasteiger partial charge on any atom is -0.394 e. The third-order valence-electron chi connectivity index (χ3n) is 5.03. The van der Waals surface area contributed by atoms with Gasteiger partial charge in [-0.25, -0.2) is 9.78 Å². The van der Waals surface area contributed by atoms with Crippen LogP contribution in [0.5, 0.6) is 0 Å². The van der Waals surface area contributed by atoms with E-state index in [1.54, 1.807) is 30.5 Å². The van der Waals surface area contributed by atoms with E-state index < -0.39 is 48.3 Å². The molecule has 1 aromatic carbocycles. The molecule has 0 aliphatic rings. The second-order valence-electron chi connectivity index (χ2n) is 7.04. The van der Waals surface area contributed by atoms with Crippen LogP contribution in [0.4, 0.5) is 0 Å². The molecule has 0 bridgehead atoms. The number of aromatic amines is 3. The van der Waals surface area contributed by atoms with Crippen LogP contribution in [0.2, 0.25) is 0 Å². The molecule has 3 heterocycles. The highest BCUT2D eigenvalue weighted by Gasteiger charge is 2.27. The number of hydrogen-bond acceptors (Lipinski definition) is 8. The van der Waals surface area contributed by atoms with Crippen molar-refractivity contribution in [3.63, 3.8) is 0 Å². The van der Waals surface area contributed by atoms with Crippen molar-refractivity contribution >= 4 is 22.1 Å². The van der Waals surface area contributed by atoms with Gasteiger partial charge in [0.15, 0.2) is 5.52 Å². The summed E-state index contributed by atoms with van der Waals surface area (Å²) in [5, 5.41) is 39.5. The largest absolute Gasteiger partial charge is 0.394 e. The first-order valence-electron chi connectivity index (χ1n) is 9.30. The summed E-state index contributed by atoms with van der Waals surface area (Å²) in [6, 6.07) is 7.11. The Bertz CT molecular complexity index is 1430. The Balaban J connectivity index is 1.98. The Morgan fingerprint density at radius 2 is 1.77 bits per heavy atom. The fourth-order valence-electron chi connectivity index (χ4n) is 3.43. The van der Waals surface area contributed by atoms with Gasteiger partial charge in [0.1, 0.15) is 29.7 Å². The van der Waals surface area contributed by atoms with Crippen LogP contribution in [0, 0.1) is 0 Å². The molecule has 12 nitrogen and oxygen atoms in total. The van der Waals surface area contributed by atoms with Crippen molar-refractivity contribution in [2.24, 2.45) is 0 Å². The molecule has 3 aromatic heterocycles. The van der Waals surface area contributed by atoms with Gasteiger partial charge in [-0.3, -0.25) is 24.1 Å². The van der Waals surface area contributed by atoms with Crippen molar-refractivity contribution in [2.45, 2.75) is 24.9 Å². The lowest BCUT2D eigenvalue weighted by atomic mass is 10.1. The van der Waals surface area contributed by atoms with Gasteiger partial charge in [-0.15, -0.1) is 0 Å².